The first-order valence-electron chi connectivity index (χ1n) is 3.96. The van der Waals surface area contributed by atoms with Gasteiger partial charge in [0, 0.05) is 6.42 Å². The van der Waals surface area contributed by atoms with Crippen LogP contribution in [0.25, 0.3) is 0 Å². The largest absolute Gasteiger partial charge is 0.508 e. The van der Waals surface area contributed by atoms with E-state index >= 15 is 0 Å². The van der Waals surface area contributed by atoms with Crippen LogP contribution in [0.4, 0.5) is 4.39 Å². The lowest BCUT2D eigenvalue weighted by Gasteiger charge is -2.07. The third-order valence-corrected chi connectivity index (χ3v) is 1.79. The summed E-state index contributed by atoms with van der Waals surface area (Å²) in [6.45, 7) is 0. The van der Waals surface area contributed by atoms with Crippen molar-refractivity contribution in [3.8, 4) is 5.75 Å². The van der Waals surface area contributed by atoms with Gasteiger partial charge < -0.3 is 15.9 Å². The molecule has 0 spiro atoms. The number of rotatable bonds is 3. The fourth-order valence-electron chi connectivity index (χ4n) is 1.04. The number of carboxylic acid groups (broad SMARTS) is 1. The average molecular weight is 199 g/mol. The van der Waals surface area contributed by atoms with Gasteiger partial charge in [-0.1, -0.05) is 0 Å². The van der Waals surface area contributed by atoms with Crippen molar-refractivity contribution in [2.75, 3.05) is 0 Å². The molecule has 0 bridgehead atoms. The Labute approximate surface area is 79.8 Å². The first-order chi connectivity index (χ1) is 6.50. The molecule has 4 N–H and O–H groups in total. The summed E-state index contributed by atoms with van der Waals surface area (Å²) >= 11 is 0. The summed E-state index contributed by atoms with van der Waals surface area (Å²) in [5.74, 6) is -1.88. The molecule has 76 valence electrons. The molecule has 0 aliphatic heterocycles. The van der Waals surface area contributed by atoms with Crippen molar-refractivity contribution in [3.63, 3.8) is 0 Å². The molecular weight excluding hydrogens is 189 g/mol. The quantitative estimate of drug-likeness (QED) is 0.661. The molecule has 14 heavy (non-hydrogen) atoms. The van der Waals surface area contributed by atoms with Crippen molar-refractivity contribution in [2.24, 2.45) is 5.73 Å². The number of nitrogens with two attached hydrogens (primary N) is 1. The van der Waals surface area contributed by atoms with Gasteiger partial charge >= 0.3 is 5.97 Å². The summed E-state index contributed by atoms with van der Waals surface area (Å²) in [6.07, 6.45) is -0.143. The molecule has 0 aliphatic rings. The maximum absolute atomic E-state index is 13.0. The molecule has 0 unspecified atom stereocenters. The summed E-state index contributed by atoms with van der Waals surface area (Å²) in [4.78, 5) is 10.4. The number of phenols is 1. The van der Waals surface area contributed by atoms with Crippen molar-refractivity contribution in [1.29, 1.82) is 0 Å². The molecule has 0 aromatic heterocycles. The Morgan fingerprint density at radius 3 is 2.79 bits per heavy atom. The molecular formula is C9H10FNO3. The topological polar surface area (TPSA) is 83.5 Å². The second kappa shape index (κ2) is 4.06. The van der Waals surface area contributed by atoms with Gasteiger partial charge in [0.05, 0.1) is 0 Å². The number of phenolic OH excluding ortho intramolecular Hbond substituents is 1. The Hall–Kier alpha value is -1.62. The van der Waals surface area contributed by atoms with Crippen LogP contribution in [0.5, 0.6) is 5.75 Å². The van der Waals surface area contributed by atoms with Crippen molar-refractivity contribution in [2.45, 2.75) is 12.5 Å². The molecule has 0 heterocycles. The van der Waals surface area contributed by atoms with Crippen LogP contribution in [0.15, 0.2) is 18.2 Å². The Kier molecular flexibility index (Phi) is 3.03. The highest BCUT2D eigenvalue weighted by Gasteiger charge is 2.14. The van der Waals surface area contributed by atoms with E-state index in [1.807, 2.05) is 0 Å². The normalized spacial score (nSPS) is 12.4. The molecule has 1 aromatic rings. The fraction of sp³-hybridized carbons (Fsp3) is 0.222. The number of hydrogen-bond donors (Lipinski definition) is 3. The average Bonchev–Trinajstić information content (AvgIpc) is 2.11. The lowest BCUT2D eigenvalue weighted by Crippen LogP contribution is -2.32. The minimum Gasteiger partial charge on any atom is -0.508 e. The molecule has 0 saturated heterocycles. The van der Waals surface area contributed by atoms with Crippen LogP contribution in [-0.4, -0.2) is 22.2 Å². The van der Waals surface area contributed by atoms with Gasteiger partial charge in [0.2, 0.25) is 0 Å². The van der Waals surface area contributed by atoms with E-state index < -0.39 is 17.8 Å². The maximum Gasteiger partial charge on any atom is 0.320 e. The first-order valence-corrected chi connectivity index (χ1v) is 3.96. The molecule has 1 aromatic carbocycles. The van der Waals surface area contributed by atoms with Crippen LogP contribution >= 0.6 is 0 Å². The first kappa shape index (κ1) is 10.5. The highest BCUT2D eigenvalue weighted by molar-refractivity contribution is 5.73. The van der Waals surface area contributed by atoms with Gasteiger partial charge in [-0.25, -0.2) is 4.39 Å². The number of carbonyl (C=O) groups is 1. The second-order valence-corrected chi connectivity index (χ2v) is 2.92. The number of benzene rings is 1. The highest BCUT2D eigenvalue weighted by Crippen LogP contribution is 2.16. The summed E-state index contributed by atoms with van der Waals surface area (Å²) < 4.78 is 13.0. The van der Waals surface area contributed by atoms with Gasteiger partial charge in [0.1, 0.15) is 17.6 Å². The van der Waals surface area contributed by atoms with Crippen LogP contribution in [-0.2, 0) is 11.2 Å². The van der Waals surface area contributed by atoms with E-state index in [1.165, 1.54) is 6.07 Å². The van der Waals surface area contributed by atoms with Crippen LogP contribution < -0.4 is 5.73 Å². The molecule has 1 atom stereocenters. The van der Waals surface area contributed by atoms with Gasteiger partial charge in [-0.15, -0.1) is 0 Å². The standard InChI is InChI=1S/C9H10FNO3/c10-7-2-1-6(12)3-5(7)4-8(11)9(13)14/h1-3,8,12H,4,11H2,(H,13,14)/t8-/m1/s1. The van der Waals surface area contributed by atoms with Crippen LogP contribution in [0.1, 0.15) is 5.56 Å². The monoisotopic (exact) mass is 199 g/mol. The Balaban J connectivity index is 2.85. The highest BCUT2D eigenvalue weighted by atomic mass is 19.1. The van der Waals surface area contributed by atoms with E-state index in [9.17, 15) is 9.18 Å². The minimum absolute atomic E-state index is 0.0971. The predicted octanol–water partition coefficient (Wildman–Crippen LogP) is 0.486. The van der Waals surface area contributed by atoms with Gasteiger partial charge in [-0.3, -0.25) is 4.79 Å². The lowest BCUT2D eigenvalue weighted by molar-refractivity contribution is -0.138. The van der Waals surface area contributed by atoms with Crippen LogP contribution in [0, 0.1) is 5.82 Å². The molecule has 0 saturated carbocycles. The Morgan fingerprint density at radius 1 is 1.57 bits per heavy atom. The number of aromatic hydroxyl groups is 1. The summed E-state index contributed by atoms with van der Waals surface area (Å²) in [5, 5.41) is 17.5. The van der Waals surface area contributed by atoms with E-state index in [4.69, 9.17) is 15.9 Å². The van der Waals surface area contributed by atoms with Crippen molar-refractivity contribution < 1.29 is 19.4 Å². The fourth-order valence-corrected chi connectivity index (χ4v) is 1.04. The lowest BCUT2D eigenvalue weighted by atomic mass is 10.1. The van der Waals surface area contributed by atoms with Gasteiger partial charge in [-0.05, 0) is 23.8 Å². The number of carboxylic acids is 1. The third kappa shape index (κ3) is 2.43. The summed E-state index contributed by atoms with van der Waals surface area (Å²) in [5.41, 5.74) is 5.32. The molecule has 0 radical (unpaired) electrons. The third-order valence-electron chi connectivity index (χ3n) is 1.79. The minimum atomic E-state index is -1.20. The molecule has 5 heteroatoms. The Bertz CT molecular complexity index is 354. The zero-order valence-corrected chi connectivity index (χ0v) is 7.27. The van der Waals surface area contributed by atoms with E-state index in [0.717, 1.165) is 12.1 Å². The van der Waals surface area contributed by atoms with Crippen molar-refractivity contribution in [3.05, 3.63) is 29.6 Å². The van der Waals surface area contributed by atoms with E-state index in [1.54, 1.807) is 0 Å². The molecule has 0 amide bonds. The van der Waals surface area contributed by atoms with Crippen molar-refractivity contribution >= 4 is 5.97 Å². The van der Waals surface area contributed by atoms with Gasteiger partial charge in [0.15, 0.2) is 0 Å². The van der Waals surface area contributed by atoms with E-state index in [2.05, 4.69) is 0 Å². The van der Waals surface area contributed by atoms with Gasteiger partial charge in [-0.2, -0.15) is 0 Å². The zero-order valence-electron chi connectivity index (χ0n) is 7.27. The number of hydrogen-bond acceptors (Lipinski definition) is 3. The smallest absolute Gasteiger partial charge is 0.320 e. The maximum atomic E-state index is 13.0. The Morgan fingerprint density at radius 2 is 2.21 bits per heavy atom. The molecule has 1 rings (SSSR count). The summed E-state index contributed by atoms with van der Waals surface area (Å²) in [7, 11) is 0. The molecule has 4 nitrogen and oxygen atoms in total. The second-order valence-electron chi connectivity index (χ2n) is 2.92. The number of halogens is 1. The SMILES string of the molecule is N[C@H](Cc1cc(O)ccc1F)C(=O)O. The number of aliphatic carboxylic acids is 1. The molecule has 0 aliphatic carbocycles. The van der Waals surface area contributed by atoms with E-state index in [0.29, 0.717) is 0 Å². The van der Waals surface area contributed by atoms with Crippen LogP contribution in [0.2, 0.25) is 0 Å². The summed E-state index contributed by atoms with van der Waals surface area (Å²) in [6, 6.07) is 2.26. The predicted molar refractivity (Wildman–Crippen MR) is 47.4 cm³/mol. The van der Waals surface area contributed by atoms with Gasteiger partial charge in [0.25, 0.3) is 0 Å². The zero-order chi connectivity index (χ0) is 10.7. The molecule has 0 fully saturated rings. The van der Waals surface area contributed by atoms with E-state index in [-0.39, 0.29) is 17.7 Å². The van der Waals surface area contributed by atoms with Crippen molar-refractivity contribution in [1.82, 2.24) is 0 Å². The van der Waals surface area contributed by atoms with Crippen LogP contribution in [0.3, 0.4) is 0 Å².